The Morgan fingerprint density at radius 1 is 0.328 bits per heavy atom. The Kier molecular flexibility index (Phi) is 30.9. The summed E-state index contributed by atoms with van der Waals surface area (Å²) >= 11 is 3.41. The van der Waals surface area contributed by atoms with Crippen LogP contribution < -0.4 is 40.9 Å². The van der Waals surface area contributed by atoms with Crippen molar-refractivity contribution in [2.24, 2.45) is 0 Å². The molecule has 0 radical (unpaired) electrons. The van der Waals surface area contributed by atoms with E-state index < -0.39 is 52.5 Å². The molecule has 0 unspecified atom stereocenters. The van der Waals surface area contributed by atoms with Crippen LogP contribution in [0.5, 0.6) is 11.5 Å². The van der Waals surface area contributed by atoms with Crippen molar-refractivity contribution in [3.8, 4) is 45.5 Å². The minimum atomic E-state index is -1.18. The number of benzene rings is 8. The van der Waals surface area contributed by atoms with Gasteiger partial charge in [-0.1, -0.05) is 46.3 Å². The molecule has 29 nitrogen and oxygen atoms in total. The van der Waals surface area contributed by atoms with Crippen molar-refractivity contribution < 1.29 is 100 Å². The lowest BCUT2D eigenvalue weighted by Gasteiger charge is -2.29. The van der Waals surface area contributed by atoms with Crippen LogP contribution in [0.3, 0.4) is 0 Å². The Morgan fingerprint density at radius 3 is 0.883 bits per heavy atom. The quantitative estimate of drug-likeness (QED) is 0.0292. The molecule has 0 spiro atoms. The van der Waals surface area contributed by atoms with E-state index in [1.165, 1.54) is 30.5 Å². The van der Waals surface area contributed by atoms with E-state index in [0.717, 1.165) is 70.1 Å². The number of carboxylic acid groups (broad SMARTS) is 1. The summed E-state index contributed by atoms with van der Waals surface area (Å²) in [5.74, 6) is -3.05. The van der Waals surface area contributed by atoms with E-state index in [-0.39, 0.29) is 62.5 Å². The maximum Gasteiger partial charge on any atom is 0.340 e. The number of carbonyl (C=O) groups is 8. The first-order chi connectivity index (χ1) is 61.1. The number of aromatic hydroxyl groups is 2. The maximum absolute atomic E-state index is 13.4. The molecule has 30 heteroatoms. The number of halogens is 1. The van der Waals surface area contributed by atoms with Crippen LogP contribution >= 0.6 is 15.9 Å². The summed E-state index contributed by atoms with van der Waals surface area (Å²) in [5, 5.41) is 41.4. The monoisotopic (exact) mass is 1810 g/mol. The molecule has 0 atom stereocenters. The fraction of sp³-hybridized carbons (Fsp3) is 0.306. The van der Waals surface area contributed by atoms with Gasteiger partial charge in [0.1, 0.15) is 45.6 Å². The third-order valence-corrected chi connectivity index (χ3v) is 20.9. The second-order valence-corrected chi connectivity index (χ2v) is 34.2. The predicted molar refractivity (Wildman–Crippen MR) is 492 cm³/mol. The predicted octanol–water partition coefficient (Wildman–Crippen LogP) is 18.2. The summed E-state index contributed by atoms with van der Waals surface area (Å²) in [6, 6.07) is 51.7. The number of aromatic carboxylic acids is 1. The van der Waals surface area contributed by atoms with Gasteiger partial charge in [0.05, 0.1) is 128 Å². The highest BCUT2D eigenvalue weighted by Gasteiger charge is 2.30. The molecule has 4 aliphatic rings. The van der Waals surface area contributed by atoms with Gasteiger partial charge < -0.3 is 103 Å². The molecule has 15 rings (SSSR count). The topological polar surface area (TPSA) is 362 Å². The van der Waals surface area contributed by atoms with E-state index in [0.29, 0.717) is 136 Å². The number of phenols is 2. The minimum absolute atomic E-state index is 0.0544. The van der Waals surface area contributed by atoms with Gasteiger partial charge in [0.2, 0.25) is 0 Å². The number of carboxylic acids is 1. The average Bonchev–Trinajstić information content (AvgIpc) is 1.14. The second-order valence-electron chi connectivity index (χ2n) is 33.3. The number of nitrogens with zero attached hydrogens (tertiary/aromatic N) is 4. The van der Waals surface area contributed by atoms with Crippen LogP contribution in [0.1, 0.15) is 156 Å². The number of hydrogen-bond donors (Lipinski definition) is 7. The number of morpholine rings is 4. The first kappa shape index (κ1) is 93.6. The Bertz CT molecular complexity index is 5580. The number of esters is 3. The van der Waals surface area contributed by atoms with E-state index in [1.54, 1.807) is 169 Å². The molecule has 11 aromatic rings. The first-order valence-corrected chi connectivity index (χ1v) is 42.6. The Balaban J connectivity index is 0.000000155. The number of rotatable bonds is 19. The third-order valence-electron chi connectivity index (χ3n) is 20.4. The number of phenolic OH excluding ortho intramolecular Hbond substituents is 2. The van der Waals surface area contributed by atoms with Gasteiger partial charge in [-0.2, -0.15) is 0 Å². The molecule has 4 aliphatic heterocycles. The van der Waals surface area contributed by atoms with Gasteiger partial charge in [-0.25, -0.2) is 19.2 Å². The highest BCUT2D eigenvalue weighted by atomic mass is 79.9. The van der Waals surface area contributed by atoms with Crippen molar-refractivity contribution in [1.29, 1.82) is 0 Å². The lowest BCUT2D eigenvalue weighted by atomic mass is 10.0. The van der Waals surface area contributed by atoms with Crippen molar-refractivity contribution in [3.05, 3.63) is 261 Å². The Morgan fingerprint density at radius 2 is 0.594 bits per heavy atom. The minimum Gasteiger partial charge on any atom is -0.507 e. The summed E-state index contributed by atoms with van der Waals surface area (Å²) < 4.78 is 55.2. The standard InChI is InChI=1S/C27H30N2O5.C26H28N2O6.C23H27BrN2O4.C22H20N2O6/c1-18-7-9-20(29-11-14-32-15-12-29)17-22(18)25(30)28-23-16-19(24-6-5-13-33-24)8-10-21(23)26(31)34-27(2,3)4;1-26(2,3)34-25(31)19-8-6-17(23-5-4-12-33-23)15-21(19)27-24(30)20-16-18(7-9-22(20)29)28-10-13-32-14-11-28;1-15-5-7-17(26-9-11-29-12-10-26)14-19(15)21(27)25-20-13-16(24)6-8-18(20)22(28)30-23(2,3)4;25-19-6-4-15(24-7-10-29-11-8-24)13-17(19)21(26)23-18-12-14(20-2-1-9-30-20)3-5-16(18)22(27)28/h5-10,13,16-17H,11-12,14-15H2,1-4H3,(H,28,30);4-9,12,15-16,29H,10-11,13-14H2,1-3H3,(H,27,30);5-8,13-14H,9-12H2,1-4H3,(H,25,27);1-6,9,12-13,25H,7-8,10-11H2,(H,23,26)(H,27,28). The number of amides is 4. The summed E-state index contributed by atoms with van der Waals surface area (Å²) in [4.78, 5) is 111. The zero-order valence-electron chi connectivity index (χ0n) is 73.2. The summed E-state index contributed by atoms with van der Waals surface area (Å²) in [6.45, 7) is 30.9. The number of carbonyl (C=O) groups excluding carboxylic acids is 7. The van der Waals surface area contributed by atoms with Crippen LogP contribution in [0, 0.1) is 13.8 Å². The summed E-state index contributed by atoms with van der Waals surface area (Å²) in [5.41, 5.74) is 8.39. The van der Waals surface area contributed by atoms with Gasteiger partial charge in [0.25, 0.3) is 23.6 Å². The number of anilines is 8. The molecule has 670 valence electrons. The van der Waals surface area contributed by atoms with Crippen LogP contribution in [0.25, 0.3) is 34.0 Å². The fourth-order valence-corrected chi connectivity index (χ4v) is 14.4. The van der Waals surface area contributed by atoms with Crippen LogP contribution in [-0.4, -0.2) is 185 Å². The van der Waals surface area contributed by atoms with Gasteiger partial charge >= 0.3 is 23.9 Å². The van der Waals surface area contributed by atoms with Crippen molar-refractivity contribution in [1.82, 2.24) is 0 Å². The van der Waals surface area contributed by atoms with E-state index in [4.69, 9.17) is 46.4 Å². The maximum atomic E-state index is 13.4. The molecule has 4 amide bonds. The van der Waals surface area contributed by atoms with Gasteiger partial charge in [-0.05, 0) is 239 Å². The Labute approximate surface area is 750 Å². The molecule has 128 heavy (non-hydrogen) atoms. The average molecular weight is 1810 g/mol. The van der Waals surface area contributed by atoms with Crippen molar-refractivity contribution in [2.75, 3.05) is 146 Å². The van der Waals surface area contributed by atoms with Crippen molar-refractivity contribution in [2.45, 2.75) is 93.0 Å². The zero-order valence-corrected chi connectivity index (χ0v) is 74.8. The number of hydrogen-bond acceptors (Lipinski definition) is 24. The van der Waals surface area contributed by atoms with Crippen LogP contribution in [0.2, 0.25) is 0 Å². The summed E-state index contributed by atoms with van der Waals surface area (Å²) in [6.07, 6.45) is 4.63. The molecule has 8 aromatic carbocycles. The van der Waals surface area contributed by atoms with Crippen LogP contribution in [0.4, 0.5) is 45.5 Å². The van der Waals surface area contributed by atoms with E-state index in [2.05, 4.69) is 56.8 Å². The lowest BCUT2D eigenvalue weighted by molar-refractivity contribution is 0.00580. The van der Waals surface area contributed by atoms with E-state index in [1.807, 2.05) is 77.1 Å². The molecular formula is C98H105BrN8O21. The number of nitrogens with one attached hydrogen (secondary N) is 4. The molecule has 0 aliphatic carbocycles. The van der Waals surface area contributed by atoms with Crippen LogP contribution in [0.15, 0.2) is 219 Å². The van der Waals surface area contributed by atoms with Gasteiger partial charge in [0, 0.05) is 107 Å². The number of ether oxygens (including phenoxy) is 7. The van der Waals surface area contributed by atoms with Gasteiger partial charge in [-0.15, -0.1) is 0 Å². The van der Waals surface area contributed by atoms with Crippen molar-refractivity contribution >= 4 is 109 Å². The Hall–Kier alpha value is -13.5. The molecule has 4 fully saturated rings. The zero-order chi connectivity index (χ0) is 91.6. The SMILES string of the molecule is CC(C)(C)OC(=O)c1ccc(-c2ccco2)cc1NC(=O)c1cc(N2CCOCC2)ccc1O.Cc1ccc(N2CCOCC2)cc1C(=O)Nc1cc(-c2ccco2)ccc1C(=O)OC(C)(C)C.Cc1ccc(N2CCOCC2)cc1C(=O)Nc1cc(Br)ccc1C(=O)OC(C)(C)C.O=C(Nc1cc(-c2ccco2)ccc1C(=O)O)c1cc(N2CCOCC2)ccc1O. The third kappa shape index (κ3) is 25.4. The largest absolute Gasteiger partial charge is 0.507 e. The molecule has 3 aromatic heterocycles. The number of furan rings is 3. The molecular weight excluding hydrogens is 1710 g/mol. The van der Waals surface area contributed by atoms with Gasteiger partial charge in [0.15, 0.2) is 0 Å². The lowest BCUT2D eigenvalue weighted by Crippen LogP contribution is -2.36. The smallest absolute Gasteiger partial charge is 0.340 e. The number of aryl methyl sites for hydroxylation is 2. The second kappa shape index (κ2) is 42.2. The molecule has 4 saturated heterocycles. The van der Waals surface area contributed by atoms with Gasteiger partial charge in [-0.3, -0.25) is 19.2 Å². The van der Waals surface area contributed by atoms with Crippen molar-refractivity contribution in [3.63, 3.8) is 0 Å². The normalized spacial score (nSPS) is 14.1. The van der Waals surface area contributed by atoms with E-state index >= 15 is 0 Å². The summed E-state index contributed by atoms with van der Waals surface area (Å²) in [7, 11) is 0. The molecule has 7 heterocycles. The fourth-order valence-electron chi connectivity index (χ4n) is 14.0. The van der Waals surface area contributed by atoms with E-state index in [9.17, 15) is 53.7 Å². The molecule has 0 bridgehead atoms. The highest BCUT2D eigenvalue weighted by molar-refractivity contribution is 9.10. The van der Waals surface area contributed by atoms with Crippen LogP contribution in [-0.2, 0) is 33.2 Å². The highest BCUT2D eigenvalue weighted by Crippen LogP contribution is 2.36. The first-order valence-electron chi connectivity index (χ1n) is 41.8. The molecule has 0 saturated carbocycles. The molecule has 7 N–H and O–H groups in total.